The largest absolute Gasteiger partial charge is 0.395 e. The molecule has 2 N–H and O–H groups in total. The molecule has 56 valence electrons. The fourth-order valence-corrected chi connectivity index (χ4v) is 0.777. The van der Waals surface area contributed by atoms with Gasteiger partial charge in [-0.05, 0) is 13.5 Å². The average Bonchev–Trinajstić information content (AvgIpc) is 1.91. The highest BCUT2D eigenvalue weighted by Crippen LogP contribution is 1.98. The zero-order chi connectivity index (χ0) is 7.11. The molecule has 0 aromatic rings. The van der Waals surface area contributed by atoms with E-state index in [2.05, 4.69) is 12.2 Å². The highest BCUT2D eigenvalue weighted by molar-refractivity contribution is 4.60. The Bertz CT molecular complexity index is 52.9. The maximum Gasteiger partial charge on any atom is 0.0584 e. The van der Waals surface area contributed by atoms with Crippen molar-refractivity contribution >= 4 is 0 Å². The fraction of sp³-hybridized carbons (Fsp3) is 1.00. The third-order valence-corrected chi connectivity index (χ3v) is 1.53. The number of hydrogen-bond acceptors (Lipinski definition) is 2. The van der Waals surface area contributed by atoms with Gasteiger partial charge < -0.3 is 10.4 Å². The van der Waals surface area contributed by atoms with E-state index < -0.39 is 0 Å². The van der Waals surface area contributed by atoms with Crippen molar-refractivity contribution in [2.24, 2.45) is 0 Å². The van der Waals surface area contributed by atoms with E-state index in [1.54, 1.807) is 0 Å². The zero-order valence-corrected chi connectivity index (χ0v) is 6.35. The van der Waals surface area contributed by atoms with Crippen molar-refractivity contribution in [3.8, 4) is 0 Å². The SMILES string of the molecule is CCCC[C@H](CO)NC. The van der Waals surface area contributed by atoms with Gasteiger partial charge in [0.15, 0.2) is 0 Å². The minimum atomic E-state index is 0.260. The van der Waals surface area contributed by atoms with Crippen LogP contribution in [0.5, 0.6) is 0 Å². The number of unbranched alkanes of at least 4 members (excludes halogenated alkanes) is 1. The third-order valence-electron chi connectivity index (χ3n) is 1.53. The number of nitrogens with one attached hydrogen (secondary N) is 1. The molecule has 0 aliphatic carbocycles. The van der Waals surface area contributed by atoms with E-state index in [0.29, 0.717) is 6.04 Å². The molecule has 2 heteroatoms. The quantitative estimate of drug-likeness (QED) is 0.577. The Kier molecular flexibility index (Phi) is 5.99. The van der Waals surface area contributed by atoms with E-state index in [1.165, 1.54) is 12.8 Å². The van der Waals surface area contributed by atoms with Gasteiger partial charge in [0.2, 0.25) is 0 Å². The van der Waals surface area contributed by atoms with Crippen molar-refractivity contribution in [2.75, 3.05) is 13.7 Å². The smallest absolute Gasteiger partial charge is 0.0584 e. The first-order valence-corrected chi connectivity index (χ1v) is 3.63. The molecule has 0 heterocycles. The molecule has 1 atom stereocenters. The van der Waals surface area contributed by atoms with Crippen LogP contribution in [-0.2, 0) is 0 Å². The molecule has 0 saturated carbocycles. The molecule has 0 fully saturated rings. The predicted octanol–water partition coefficient (Wildman–Crippen LogP) is 0.757. The summed E-state index contributed by atoms with van der Waals surface area (Å²) in [6, 6.07) is 0.310. The number of rotatable bonds is 5. The Morgan fingerprint density at radius 1 is 1.56 bits per heavy atom. The van der Waals surface area contributed by atoms with Crippen LogP contribution >= 0.6 is 0 Å². The second kappa shape index (κ2) is 6.05. The van der Waals surface area contributed by atoms with Gasteiger partial charge in [0.05, 0.1) is 6.61 Å². The number of hydrogen-bond donors (Lipinski definition) is 2. The second-order valence-electron chi connectivity index (χ2n) is 2.31. The van der Waals surface area contributed by atoms with E-state index in [1.807, 2.05) is 7.05 Å². The standard InChI is InChI=1S/C7H17NO/c1-3-4-5-7(6-9)8-2/h7-9H,3-6H2,1-2H3/t7-/m1/s1. The number of aliphatic hydroxyl groups excluding tert-OH is 1. The van der Waals surface area contributed by atoms with Crippen molar-refractivity contribution < 1.29 is 5.11 Å². The lowest BCUT2D eigenvalue weighted by molar-refractivity contribution is 0.240. The van der Waals surface area contributed by atoms with Gasteiger partial charge in [-0.25, -0.2) is 0 Å². The molecule has 0 spiro atoms. The Morgan fingerprint density at radius 2 is 2.22 bits per heavy atom. The molecule has 0 bridgehead atoms. The summed E-state index contributed by atoms with van der Waals surface area (Å²) >= 11 is 0. The highest BCUT2D eigenvalue weighted by atomic mass is 16.3. The molecule has 0 amide bonds. The van der Waals surface area contributed by atoms with Gasteiger partial charge in [-0.2, -0.15) is 0 Å². The summed E-state index contributed by atoms with van der Waals surface area (Å²) in [7, 11) is 1.89. The molecule has 0 aliphatic rings. The molecule has 0 aromatic carbocycles. The van der Waals surface area contributed by atoms with E-state index in [4.69, 9.17) is 5.11 Å². The van der Waals surface area contributed by atoms with Gasteiger partial charge in [0.25, 0.3) is 0 Å². The Hall–Kier alpha value is -0.0800. The first-order chi connectivity index (χ1) is 4.35. The minimum absolute atomic E-state index is 0.260. The monoisotopic (exact) mass is 131 g/mol. The maximum absolute atomic E-state index is 8.69. The molecular weight excluding hydrogens is 114 g/mol. The molecule has 0 aliphatic heterocycles. The van der Waals surface area contributed by atoms with Crippen LogP contribution in [-0.4, -0.2) is 24.8 Å². The van der Waals surface area contributed by atoms with Crippen LogP contribution in [0.3, 0.4) is 0 Å². The van der Waals surface area contributed by atoms with Crippen LogP contribution in [0.1, 0.15) is 26.2 Å². The van der Waals surface area contributed by atoms with Crippen molar-refractivity contribution in [3.63, 3.8) is 0 Å². The van der Waals surface area contributed by atoms with E-state index >= 15 is 0 Å². The van der Waals surface area contributed by atoms with Gasteiger partial charge in [0, 0.05) is 6.04 Å². The molecule has 0 radical (unpaired) electrons. The van der Waals surface area contributed by atoms with Gasteiger partial charge in [-0.1, -0.05) is 19.8 Å². The molecule has 2 nitrogen and oxygen atoms in total. The molecule has 0 saturated heterocycles. The first kappa shape index (κ1) is 8.92. The van der Waals surface area contributed by atoms with Gasteiger partial charge in [0.1, 0.15) is 0 Å². The number of likely N-dealkylation sites (N-methyl/N-ethyl adjacent to an activating group) is 1. The van der Waals surface area contributed by atoms with Crippen molar-refractivity contribution in [1.82, 2.24) is 5.32 Å². The Balaban J connectivity index is 3.09. The third kappa shape index (κ3) is 4.43. The summed E-state index contributed by atoms with van der Waals surface area (Å²) in [5.41, 5.74) is 0. The Morgan fingerprint density at radius 3 is 2.56 bits per heavy atom. The maximum atomic E-state index is 8.69. The summed E-state index contributed by atoms with van der Waals surface area (Å²) in [6.07, 6.45) is 3.49. The van der Waals surface area contributed by atoms with Crippen molar-refractivity contribution in [1.29, 1.82) is 0 Å². The van der Waals surface area contributed by atoms with E-state index in [-0.39, 0.29) is 6.61 Å². The number of aliphatic hydroxyl groups is 1. The van der Waals surface area contributed by atoms with Crippen molar-refractivity contribution in [3.05, 3.63) is 0 Å². The topological polar surface area (TPSA) is 32.3 Å². The minimum Gasteiger partial charge on any atom is -0.395 e. The fourth-order valence-electron chi connectivity index (χ4n) is 0.777. The molecule has 9 heavy (non-hydrogen) atoms. The summed E-state index contributed by atoms with van der Waals surface area (Å²) in [5, 5.41) is 11.7. The lowest BCUT2D eigenvalue weighted by atomic mass is 10.1. The lowest BCUT2D eigenvalue weighted by Crippen LogP contribution is -2.28. The summed E-state index contributed by atoms with van der Waals surface area (Å²) in [4.78, 5) is 0. The predicted molar refractivity (Wildman–Crippen MR) is 39.5 cm³/mol. The van der Waals surface area contributed by atoms with Crippen LogP contribution in [0.2, 0.25) is 0 Å². The molecule has 0 aromatic heterocycles. The zero-order valence-electron chi connectivity index (χ0n) is 6.35. The highest BCUT2D eigenvalue weighted by Gasteiger charge is 2.00. The Labute approximate surface area is 57.3 Å². The van der Waals surface area contributed by atoms with E-state index in [9.17, 15) is 0 Å². The van der Waals surface area contributed by atoms with Crippen LogP contribution in [0.4, 0.5) is 0 Å². The summed E-state index contributed by atoms with van der Waals surface area (Å²) in [5.74, 6) is 0. The van der Waals surface area contributed by atoms with E-state index in [0.717, 1.165) is 6.42 Å². The van der Waals surface area contributed by atoms with Crippen LogP contribution in [0, 0.1) is 0 Å². The first-order valence-electron chi connectivity index (χ1n) is 3.63. The van der Waals surface area contributed by atoms with Crippen LogP contribution in [0.15, 0.2) is 0 Å². The average molecular weight is 131 g/mol. The van der Waals surface area contributed by atoms with Gasteiger partial charge in [-0.3, -0.25) is 0 Å². The molecular formula is C7H17NO. The summed E-state index contributed by atoms with van der Waals surface area (Å²) in [6.45, 7) is 2.42. The normalized spacial score (nSPS) is 13.7. The van der Waals surface area contributed by atoms with Crippen LogP contribution < -0.4 is 5.32 Å². The van der Waals surface area contributed by atoms with Crippen molar-refractivity contribution in [2.45, 2.75) is 32.2 Å². The summed E-state index contributed by atoms with van der Waals surface area (Å²) < 4.78 is 0. The molecule has 0 rings (SSSR count). The lowest BCUT2D eigenvalue weighted by Gasteiger charge is -2.10. The second-order valence-corrected chi connectivity index (χ2v) is 2.31. The molecule has 0 unspecified atom stereocenters. The van der Waals surface area contributed by atoms with Crippen LogP contribution in [0.25, 0.3) is 0 Å². The van der Waals surface area contributed by atoms with Gasteiger partial charge in [-0.15, -0.1) is 0 Å². The van der Waals surface area contributed by atoms with Gasteiger partial charge >= 0.3 is 0 Å².